The van der Waals surface area contributed by atoms with Crippen molar-refractivity contribution < 1.29 is 4.52 Å². The first-order valence-corrected chi connectivity index (χ1v) is 9.08. The maximum absolute atomic E-state index is 5.47. The Balaban J connectivity index is 1.50. The van der Waals surface area contributed by atoms with Gasteiger partial charge in [-0.3, -0.25) is 9.88 Å². The van der Waals surface area contributed by atoms with Crippen LogP contribution in [0.4, 0.5) is 0 Å². The van der Waals surface area contributed by atoms with E-state index in [-0.39, 0.29) is 0 Å². The number of likely N-dealkylation sites (tertiary alicyclic amines) is 1. The molecule has 0 bridgehead atoms. The van der Waals surface area contributed by atoms with Crippen molar-refractivity contribution in [2.45, 2.75) is 39.2 Å². The average Bonchev–Trinajstić information content (AvgIpc) is 3.09. The largest absolute Gasteiger partial charge is 0.356 e. The topological polar surface area (TPSA) is 67.9 Å². The van der Waals surface area contributed by atoms with Gasteiger partial charge in [-0.1, -0.05) is 11.2 Å². The Kier molecular flexibility index (Phi) is 4.75. The van der Waals surface area contributed by atoms with E-state index in [9.17, 15) is 0 Å². The van der Waals surface area contributed by atoms with Gasteiger partial charge in [-0.25, -0.2) is 9.97 Å². The lowest BCUT2D eigenvalue weighted by molar-refractivity contribution is 0.201. The molecule has 0 N–H and O–H groups in total. The smallest absolute Gasteiger partial charge is 0.170 e. The molecule has 1 saturated heterocycles. The minimum absolute atomic E-state index is 0.414. The molecule has 26 heavy (non-hydrogen) atoms. The van der Waals surface area contributed by atoms with Crippen LogP contribution in [0, 0.1) is 13.8 Å². The van der Waals surface area contributed by atoms with E-state index in [2.05, 4.69) is 26.1 Å². The first kappa shape index (κ1) is 16.8. The van der Waals surface area contributed by atoms with Gasteiger partial charge in [0.1, 0.15) is 5.82 Å². The number of hydrogen-bond donors (Lipinski definition) is 0. The van der Waals surface area contributed by atoms with Gasteiger partial charge in [0.2, 0.25) is 0 Å². The molecule has 6 heteroatoms. The lowest BCUT2D eigenvalue weighted by Gasteiger charge is -2.32. The van der Waals surface area contributed by atoms with Crippen molar-refractivity contribution in [1.82, 2.24) is 25.0 Å². The van der Waals surface area contributed by atoms with Crippen LogP contribution in [0.5, 0.6) is 0 Å². The molecule has 0 saturated carbocycles. The summed E-state index contributed by atoms with van der Waals surface area (Å²) in [6.07, 6.45) is 5.88. The quantitative estimate of drug-likeness (QED) is 0.718. The van der Waals surface area contributed by atoms with E-state index in [4.69, 9.17) is 9.51 Å². The Bertz CT molecular complexity index is 869. The highest BCUT2D eigenvalue weighted by Gasteiger charge is 2.26. The number of piperidine rings is 1. The van der Waals surface area contributed by atoms with E-state index in [1.165, 1.54) is 0 Å². The zero-order valence-corrected chi connectivity index (χ0v) is 15.2. The SMILES string of the molecule is Cc1cc(-c2cnc(C)nc2C2CCN(Cc3ccccn3)CC2)on1. The van der Waals surface area contributed by atoms with Crippen LogP contribution in [0.25, 0.3) is 11.3 Å². The molecule has 0 spiro atoms. The van der Waals surface area contributed by atoms with Crippen molar-refractivity contribution in [2.24, 2.45) is 0 Å². The van der Waals surface area contributed by atoms with Gasteiger partial charge in [0.25, 0.3) is 0 Å². The van der Waals surface area contributed by atoms with Crippen molar-refractivity contribution in [1.29, 1.82) is 0 Å². The Labute approximate surface area is 153 Å². The molecule has 1 aliphatic heterocycles. The van der Waals surface area contributed by atoms with Crippen LogP contribution in [0.15, 0.2) is 41.2 Å². The maximum atomic E-state index is 5.47. The number of hydrogen-bond acceptors (Lipinski definition) is 6. The Morgan fingerprint density at radius 2 is 2.00 bits per heavy atom. The van der Waals surface area contributed by atoms with Crippen LogP contribution < -0.4 is 0 Å². The highest BCUT2D eigenvalue weighted by molar-refractivity contribution is 5.60. The molecule has 3 aromatic rings. The van der Waals surface area contributed by atoms with Gasteiger partial charge in [-0.2, -0.15) is 0 Å². The first-order valence-electron chi connectivity index (χ1n) is 9.08. The van der Waals surface area contributed by atoms with Gasteiger partial charge < -0.3 is 4.52 Å². The molecule has 3 aromatic heterocycles. The van der Waals surface area contributed by atoms with E-state index in [1.807, 2.05) is 44.4 Å². The van der Waals surface area contributed by atoms with Crippen LogP contribution in [0.2, 0.25) is 0 Å². The summed E-state index contributed by atoms with van der Waals surface area (Å²) >= 11 is 0. The van der Waals surface area contributed by atoms with Gasteiger partial charge in [0, 0.05) is 30.9 Å². The predicted molar refractivity (Wildman–Crippen MR) is 98.5 cm³/mol. The van der Waals surface area contributed by atoms with E-state index in [0.29, 0.717) is 5.92 Å². The van der Waals surface area contributed by atoms with Gasteiger partial charge >= 0.3 is 0 Å². The van der Waals surface area contributed by atoms with E-state index >= 15 is 0 Å². The number of aromatic nitrogens is 4. The molecule has 134 valence electrons. The molecular weight excluding hydrogens is 326 g/mol. The van der Waals surface area contributed by atoms with E-state index in [1.54, 1.807) is 0 Å². The fourth-order valence-electron chi connectivity index (χ4n) is 3.56. The number of nitrogens with zero attached hydrogens (tertiary/aromatic N) is 5. The van der Waals surface area contributed by atoms with E-state index in [0.717, 1.165) is 66.7 Å². The molecule has 4 heterocycles. The highest BCUT2D eigenvalue weighted by Crippen LogP contribution is 2.34. The summed E-state index contributed by atoms with van der Waals surface area (Å²) in [5.41, 5.74) is 4.06. The Hall–Kier alpha value is -2.60. The second kappa shape index (κ2) is 7.33. The molecule has 0 amide bonds. The fraction of sp³-hybridized carbons (Fsp3) is 0.400. The lowest BCUT2D eigenvalue weighted by atomic mass is 9.90. The molecule has 0 unspecified atom stereocenters. The summed E-state index contributed by atoms with van der Waals surface area (Å²) in [7, 11) is 0. The third-order valence-electron chi connectivity index (χ3n) is 4.92. The molecule has 1 fully saturated rings. The molecule has 0 radical (unpaired) electrons. The predicted octanol–water partition coefficient (Wildman–Crippen LogP) is 3.52. The second-order valence-electron chi connectivity index (χ2n) is 6.92. The average molecular weight is 349 g/mol. The maximum Gasteiger partial charge on any atom is 0.170 e. The molecule has 0 aromatic carbocycles. The van der Waals surface area contributed by atoms with E-state index < -0.39 is 0 Å². The summed E-state index contributed by atoms with van der Waals surface area (Å²) in [5.74, 6) is 1.97. The fourth-order valence-corrected chi connectivity index (χ4v) is 3.56. The van der Waals surface area contributed by atoms with Crippen LogP contribution in [-0.2, 0) is 6.54 Å². The normalized spacial score (nSPS) is 16.1. The van der Waals surface area contributed by atoms with Gasteiger partial charge in [-0.05, 0) is 51.9 Å². The minimum Gasteiger partial charge on any atom is -0.356 e. The molecule has 4 rings (SSSR count). The van der Waals surface area contributed by atoms with Crippen molar-refractivity contribution >= 4 is 0 Å². The first-order chi connectivity index (χ1) is 12.7. The van der Waals surface area contributed by atoms with Gasteiger partial charge in [0.05, 0.1) is 22.6 Å². The minimum atomic E-state index is 0.414. The third kappa shape index (κ3) is 3.65. The van der Waals surface area contributed by atoms with Gasteiger partial charge in [-0.15, -0.1) is 0 Å². The van der Waals surface area contributed by atoms with Crippen LogP contribution in [0.3, 0.4) is 0 Å². The van der Waals surface area contributed by atoms with Crippen molar-refractivity contribution in [3.63, 3.8) is 0 Å². The van der Waals surface area contributed by atoms with Crippen LogP contribution >= 0.6 is 0 Å². The summed E-state index contributed by atoms with van der Waals surface area (Å²) < 4.78 is 5.47. The van der Waals surface area contributed by atoms with Crippen molar-refractivity contribution in [3.05, 3.63) is 59.6 Å². The summed E-state index contributed by atoms with van der Waals surface area (Å²) in [5, 5.41) is 4.01. The van der Waals surface area contributed by atoms with Gasteiger partial charge in [0.15, 0.2) is 5.76 Å². The third-order valence-corrected chi connectivity index (χ3v) is 4.92. The zero-order valence-electron chi connectivity index (χ0n) is 15.2. The number of pyridine rings is 1. The highest BCUT2D eigenvalue weighted by atomic mass is 16.5. The molecular formula is C20H23N5O. The Morgan fingerprint density at radius 3 is 2.69 bits per heavy atom. The summed E-state index contributed by atoms with van der Waals surface area (Å²) in [6, 6.07) is 8.04. The molecule has 6 nitrogen and oxygen atoms in total. The molecule has 0 aliphatic carbocycles. The molecule has 1 aliphatic rings. The second-order valence-corrected chi connectivity index (χ2v) is 6.92. The summed E-state index contributed by atoms with van der Waals surface area (Å²) in [4.78, 5) is 16.0. The molecule has 0 atom stereocenters. The van der Waals surface area contributed by atoms with Crippen LogP contribution in [-0.4, -0.2) is 38.1 Å². The standard InChI is InChI=1S/C20H23N5O/c1-14-11-19(26-24-14)18-12-22-15(2)23-20(18)16-6-9-25(10-7-16)13-17-5-3-4-8-21-17/h3-5,8,11-12,16H,6-7,9-10,13H2,1-2H3. The van der Waals surface area contributed by atoms with Crippen LogP contribution in [0.1, 0.15) is 41.7 Å². The number of aryl methyl sites for hydroxylation is 2. The van der Waals surface area contributed by atoms with Crippen molar-refractivity contribution in [2.75, 3.05) is 13.1 Å². The Morgan fingerprint density at radius 1 is 1.15 bits per heavy atom. The zero-order chi connectivity index (χ0) is 17.9. The monoisotopic (exact) mass is 349 g/mol. The lowest BCUT2D eigenvalue weighted by Crippen LogP contribution is -2.33. The summed E-state index contributed by atoms with van der Waals surface area (Å²) in [6.45, 7) is 6.86. The number of rotatable bonds is 4. The van der Waals surface area contributed by atoms with Crippen molar-refractivity contribution in [3.8, 4) is 11.3 Å².